The Bertz CT molecular complexity index is 1130. The highest BCUT2D eigenvalue weighted by Crippen LogP contribution is 2.22. The zero-order valence-electron chi connectivity index (χ0n) is 15.3. The summed E-state index contributed by atoms with van der Waals surface area (Å²) in [7, 11) is 0.0690. The molecule has 0 fully saturated rings. The second kappa shape index (κ2) is 9.55. The maximum Gasteiger partial charge on any atom is 0.243 e. The van der Waals surface area contributed by atoms with Crippen LogP contribution in [0.4, 0.5) is 5.13 Å². The van der Waals surface area contributed by atoms with Gasteiger partial charge < -0.3 is 10.1 Å². The number of ether oxygens (including phenoxy) is 1. The maximum absolute atomic E-state index is 13.2. The van der Waals surface area contributed by atoms with E-state index in [4.69, 9.17) is 17.0 Å². The van der Waals surface area contributed by atoms with Crippen molar-refractivity contribution in [2.45, 2.75) is 11.4 Å². The Hall–Kier alpha value is -2.18. The molecule has 0 aliphatic heterocycles. The van der Waals surface area contributed by atoms with Gasteiger partial charge in [0.05, 0.1) is 18.6 Å². The Balaban J connectivity index is 1.86. The molecule has 7 nitrogen and oxygen atoms in total. The van der Waals surface area contributed by atoms with Crippen molar-refractivity contribution in [3.63, 3.8) is 0 Å². The van der Waals surface area contributed by atoms with Crippen LogP contribution >= 0.6 is 32.9 Å². The summed E-state index contributed by atoms with van der Waals surface area (Å²) in [6.45, 7) is -0.310. The van der Waals surface area contributed by atoms with Gasteiger partial charge in [0.25, 0.3) is 0 Å². The first-order chi connectivity index (χ1) is 13.9. The van der Waals surface area contributed by atoms with E-state index in [-0.39, 0.29) is 18.0 Å². The molecule has 29 heavy (non-hydrogen) atoms. The van der Waals surface area contributed by atoms with Crippen LogP contribution < -0.4 is 10.1 Å². The molecule has 1 heterocycles. The second-order valence-electron chi connectivity index (χ2n) is 5.83. The standard InChI is InChI=1S/C18H17N3O4S4/c1-25-14-7-9-15(10-8-14)29(23,24)21(11-13-5-3-2-4-6-13)12-16(22)19-17-20-18(26)28-27-17/h2-10H,11-12H2,1H3,(H,19,20,22,26). The molecule has 0 bridgehead atoms. The molecule has 0 aliphatic carbocycles. The van der Waals surface area contributed by atoms with E-state index >= 15 is 0 Å². The molecule has 0 saturated carbocycles. The van der Waals surface area contributed by atoms with Gasteiger partial charge in [-0.3, -0.25) is 4.79 Å². The normalized spacial score (nSPS) is 11.4. The van der Waals surface area contributed by atoms with Gasteiger partial charge in [0.15, 0.2) is 3.95 Å². The molecule has 0 unspecified atom stereocenters. The lowest BCUT2D eigenvalue weighted by Crippen LogP contribution is -2.37. The zero-order chi connectivity index (χ0) is 20.9. The quantitative estimate of drug-likeness (QED) is 0.401. The molecule has 1 N–H and O–H groups in total. The van der Waals surface area contributed by atoms with Crippen molar-refractivity contribution >= 4 is 54.0 Å². The molecule has 152 valence electrons. The summed E-state index contributed by atoms with van der Waals surface area (Å²) in [5, 5.41) is 2.96. The molecule has 0 saturated heterocycles. The Kier molecular flexibility index (Phi) is 7.09. The minimum Gasteiger partial charge on any atom is -0.497 e. The molecule has 2 aromatic carbocycles. The Labute approximate surface area is 181 Å². The lowest BCUT2D eigenvalue weighted by Gasteiger charge is -2.22. The number of carbonyl (C=O) groups is 1. The summed E-state index contributed by atoms with van der Waals surface area (Å²) >= 11 is 4.95. The van der Waals surface area contributed by atoms with E-state index in [2.05, 4.69) is 10.3 Å². The number of rotatable bonds is 8. The van der Waals surface area contributed by atoms with Gasteiger partial charge in [-0.1, -0.05) is 30.3 Å². The summed E-state index contributed by atoms with van der Waals surface area (Å²) in [6, 6.07) is 15.1. The molecule has 1 amide bonds. The summed E-state index contributed by atoms with van der Waals surface area (Å²) < 4.78 is 33.0. The fraction of sp³-hybridized carbons (Fsp3) is 0.167. The number of sulfonamides is 1. The summed E-state index contributed by atoms with van der Waals surface area (Å²) in [4.78, 5) is 16.6. The predicted octanol–water partition coefficient (Wildman–Crippen LogP) is 3.77. The van der Waals surface area contributed by atoms with Gasteiger partial charge in [0, 0.05) is 6.54 Å². The highest BCUT2D eigenvalue weighted by Gasteiger charge is 2.27. The monoisotopic (exact) mass is 467 g/mol. The van der Waals surface area contributed by atoms with Crippen LogP contribution in [0, 0.1) is 3.95 Å². The Morgan fingerprint density at radius 1 is 1.14 bits per heavy atom. The van der Waals surface area contributed by atoms with E-state index in [0.29, 0.717) is 14.8 Å². The van der Waals surface area contributed by atoms with Gasteiger partial charge in [-0.15, -0.1) is 0 Å². The van der Waals surface area contributed by atoms with Crippen LogP contribution in [0.1, 0.15) is 5.56 Å². The van der Waals surface area contributed by atoms with Gasteiger partial charge in [-0.05, 0) is 62.7 Å². The number of methoxy groups -OCH3 is 1. The van der Waals surface area contributed by atoms with Gasteiger partial charge in [-0.2, -0.15) is 9.29 Å². The number of nitrogens with zero attached hydrogens (tertiary/aromatic N) is 2. The third-order valence-electron chi connectivity index (χ3n) is 3.85. The minimum absolute atomic E-state index is 0.0510. The van der Waals surface area contributed by atoms with Crippen LogP contribution in [0.3, 0.4) is 0 Å². The van der Waals surface area contributed by atoms with Gasteiger partial charge in [-0.25, -0.2) is 8.42 Å². The predicted molar refractivity (Wildman–Crippen MR) is 116 cm³/mol. The minimum atomic E-state index is -3.92. The van der Waals surface area contributed by atoms with Crippen molar-refractivity contribution in [2.24, 2.45) is 0 Å². The number of amides is 1. The van der Waals surface area contributed by atoms with Crippen LogP contribution in [-0.4, -0.2) is 37.3 Å². The second-order valence-corrected chi connectivity index (χ2v) is 10.5. The third kappa shape index (κ3) is 5.67. The lowest BCUT2D eigenvalue weighted by atomic mass is 10.2. The van der Waals surface area contributed by atoms with Crippen molar-refractivity contribution in [1.29, 1.82) is 0 Å². The number of hydrogen-bond donors (Lipinski definition) is 1. The van der Waals surface area contributed by atoms with Crippen LogP contribution in [0.2, 0.25) is 0 Å². The first-order valence-electron chi connectivity index (χ1n) is 8.33. The smallest absolute Gasteiger partial charge is 0.243 e. The Morgan fingerprint density at radius 3 is 2.41 bits per heavy atom. The van der Waals surface area contributed by atoms with E-state index in [0.717, 1.165) is 9.87 Å². The lowest BCUT2D eigenvalue weighted by molar-refractivity contribution is -0.116. The first-order valence-corrected chi connectivity index (χ1v) is 12.3. The fourth-order valence-corrected chi connectivity index (χ4v) is 5.73. The SMILES string of the molecule is COc1ccc(S(=O)(=O)N(CC(=O)Nc2nc(=S)ss2)Cc2ccccc2)cc1. The maximum atomic E-state index is 13.2. The average molecular weight is 468 g/mol. The molecule has 0 aliphatic rings. The number of benzene rings is 2. The fourth-order valence-electron chi connectivity index (χ4n) is 2.47. The van der Waals surface area contributed by atoms with E-state index in [1.807, 2.05) is 18.2 Å². The molecule has 3 rings (SSSR count). The molecular weight excluding hydrogens is 450 g/mol. The van der Waals surface area contributed by atoms with Crippen molar-refractivity contribution in [3.05, 3.63) is 64.1 Å². The molecule has 3 aromatic rings. The first kappa shape index (κ1) is 21.5. The number of anilines is 1. The van der Waals surface area contributed by atoms with E-state index in [1.54, 1.807) is 24.3 Å². The van der Waals surface area contributed by atoms with Crippen molar-refractivity contribution in [3.8, 4) is 5.75 Å². The van der Waals surface area contributed by atoms with Crippen LogP contribution in [-0.2, 0) is 21.4 Å². The van der Waals surface area contributed by atoms with E-state index in [1.165, 1.54) is 39.9 Å². The van der Waals surface area contributed by atoms with Crippen LogP contribution in [0.5, 0.6) is 5.75 Å². The number of hydrogen-bond acceptors (Lipinski definition) is 8. The molecule has 11 heteroatoms. The van der Waals surface area contributed by atoms with Gasteiger partial charge in [0.2, 0.25) is 21.1 Å². The zero-order valence-corrected chi connectivity index (χ0v) is 18.5. The molecule has 1 aromatic heterocycles. The molecular formula is C18H17N3O4S4. The van der Waals surface area contributed by atoms with E-state index < -0.39 is 15.9 Å². The number of nitrogens with one attached hydrogen (secondary N) is 1. The van der Waals surface area contributed by atoms with Crippen LogP contribution in [0.25, 0.3) is 0 Å². The molecule has 0 radical (unpaired) electrons. The van der Waals surface area contributed by atoms with Gasteiger partial charge >= 0.3 is 0 Å². The van der Waals surface area contributed by atoms with E-state index in [9.17, 15) is 13.2 Å². The van der Waals surface area contributed by atoms with Crippen molar-refractivity contribution in [2.75, 3.05) is 19.0 Å². The highest BCUT2D eigenvalue weighted by molar-refractivity contribution is 7.89. The number of aromatic nitrogens is 1. The topological polar surface area (TPSA) is 88.6 Å². The average Bonchev–Trinajstić information content (AvgIpc) is 3.12. The molecule has 0 spiro atoms. The van der Waals surface area contributed by atoms with Gasteiger partial charge in [0.1, 0.15) is 5.75 Å². The summed E-state index contributed by atoms with van der Waals surface area (Å²) in [5.41, 5.74) is 0.765. The summed E-state index contributed by atoms with van der Waals surface area (Å²) in [5.74, 6) is 0.0515. The molecule has 0 atom stereocenters. The third-order valence-corrected chi connectivity index (χ3v) is 8.18. The number of carbonyl (C=O) groups excluding carboxylic acids is 1. The largest absolute Gasteiger partial charge is 0.497 e. The van der Waals surface area contributed by atoms with Crippen LogP contribution in [0.15, 0.2) is 59.5 Å². The highest BCUT2D eigenvalue weighted by atomic mass is 32.9. The van der Waals surface area contributed by atoms with Crippen molar-refractivity contribution in [1.82, 2.24) is 9.29 Å². The Morgan fingerprint density at radius 2 is 1.83 bits per heavy atom. The van der Waals surface area contributed by atoms with Crippen molar-refractivity contribution < 1.29 is 17.9 Å². The summed E-state index contributed by atoms with van der Waals surface area (Å²) in [6.07, 6.45) is 0.